The third kappa shape index (κ3) is 7.31. The van der Waals surface area contributed by atoms with Gasteiger partial charge in [0, 0.05) is 17.7 Å². The molecule has 0 bridgehead atoms. The van der Waals surface area contributed by atoms with Crippen LogP contribution in [0, 0.1) is 0 Å². The monoisotopic (exact) mass is 484 g/mol. The van der Waals surface area contributed by atoms with Crippen LogP contribution in [0.15, 0.2) is 30.3 Å². The van der Waals surface area contributed by atoms with E-state index in [-0.39, 0.29) is 11.8 Å². The number of benzene rings is 1. The smallest absolute Gasteiger partial charge is 0.437 e. The number of anilines is 2. The van der Waals surface area contributed by atoms with Gasteiger partial charge >= 0.3 is 12.2 Å². The van der Waals surface area contributed by atoms with Crippen molar-refractivity contribution in [2.45, 2.75) is 90.8 Å². The summed E-state index contributed by atoms with van der Waals surface area (Å²) >= 11 is 0. The van der Waals surface area contributed by atoms with Crippen LogP contribution < -0.4 is 10.6 Å². The zero-order valence-electron chi connectivity index (χ0n) is 21.6. The number of hydrogen-bond donors (Lipinski definition) is 2. The molecule has 1 heterocycles. The molecule has 9 heteroatoms. The Bertz CT molecular complexity index is 1070. The summed E-state index contributed by atoms with van der Waals surface area (Å²) in [4.78, 5) is 37.8. The highest BCUT2D eigenvalue weighted by atomic mass is 16.6. The fraction of sp³-hybridized carbons (Fsp3) is 0.538. The van der Waals surface area contributed by atoms with Crippen LogP contribution >= 0.6 is 0 Å². The van der Waals surface area contributed by atoms with Crippen molar-refractivity contribution in [2.24, 2.45) is 0 Å². The number of rotatable bonds is 5. The molecule has 0 spiro atoms. The number of nitrogens with zero attached hydrogens (tertiary/aromatic N) is 2. The molecule has 35 heavy (non-hydrogen) atoms. The molecule has 1 aliphatic carbocycles. The molecule has 0 radical (unpaired) electrons. The van der Waals surface area contributed by atoms with Crippen LogP contribution in [0.25, 0.3) is 0 Å². The zero-order chi connectivity index (χ0) is 26.0. The number of carbonyl (C=O) groups excluding carboxylic acids is 3. The number of amides is 2. The van der Waals surface area contributed by atoms with Crippen molar-refractivity contribution in [3.8, 4) is 0 Å². The molecule has 1 aromatic heterocycles. The fourth-order valence-electron chi connectivity index (χ4n) is 3.50. The Morgan fingerprint density at radius 2 is 1.57 bits per heavy atom. The van der Waals surface area contributed by atoms with Gasteiger partial charge in [-0.05, 0) is 79.0 Å². The highest BCUT2D eigenvalue weighted by molar-refractivity contribution is 5.96. The lowest BCUT2D eigenvalue weighted by Crippen LogP contribution is -2.30. The van der Waals surface area contributed by atoms with Crippen molar-refractivity contribution in [1.29, 1.82) is 0 Å². The summed E-state index contributed by atoms with van der Waals surface area (Å²) in [5.41, 5.74) is 0.802. The van der Waals surface area contributed by atoms with E-state index in [0.29, 0.717) is 11.5 Å². The van der Waals surface area contributed by atoms with E-state index in [1.165, 1.54) is 0 Å². The Morgan fingerprint density at radius 1 is 0.971 bits per heavy atom. The molecule has 1 aromatic carbocycles. The minimum atomic E-state index is -0.691. The van der Waals surface area contributed by atoms with Crippen LogP contribution in [0.2, 0.25) is 0 Å². The van der Waals surface area contributed by atoms with E-state index < -0.39 is 29.3 Å². The van der Waals surface area contributed by atoms with Gasteiger partial charge in [0.05, 0.1) is 11.6 Å². The molecule has 1 aliphatic rings. The number of carbonyl (C=O) groups is 3. The molecule has 0 aliphatic heterocycles. The van der Waals surface area contributed by atoms with E-state index >= 15 is 0 Å². The summed E-state index contributed by atoms with van der Waals surface area (Å²) in [6.07, 6.45) is 1.97. The lowest BCUT2D eigenvalue weighted by Gasteiger charge is -2.23. The number of ether oxygens (including phenoxy) is 2. The second kappa shape index (κ2) is 10.1. The topological polar surface area (TPSA) is 112 Å². The first-order chi connectivity index (χ1) is 16.2. The van der Waals surface area contributed by atoms with E-state index in [1.54, 1.807) is 78.8 Å². The molecule has 9 nitrogen and oxygen atoms in total. The Kier molecular flexibility index (Phi) is 7.57. The second-order valence-electron chi connectivity index (χ2n) is 10.9. The van der Waals surface area contributed by atoms with Gasteiger partial charge in [-0.15, -0.1) is 4.68 Å². The molecule has 0 saturated heterocycles. The molecule has 1 saturated carbocycles. The fourth-order valence-corrected chi connectivity index (χ4v) is 3.50. The summed E-state index contributed by atoms with van der Waals surface area (Å²) in [7, 11) is 0. The van der Waals surface area contributed by atoms with E-state index in [4.69, 9.17) is 9.47 Å². The summed E-state index contributed by atoms with van der Waals surface area (Å²) in [5.74, 6) is -0.222. The van der Waals surface area contributed by atoms with Gasteiger partial charge in [0.2, 0.25) is 5.91 Å². The van der Waals surface area contributed by atoms with E-state index in [2.05, 4.69) is 15.7 Å². The van der Waals surface area contributed by atoms with Gasteiger partial charge in [-0.2, -0.15) is 5.10 Å². The minimum Gasteiger partial charge on any atom is -0.444 e. The van der Waals surface area contributed by atoms with Crippen LogP contribution in [0.3, 0.4) is 0 Å². The van der Waals surface area contributed by atoms with Crippen molar-refractivity contribution in [3.63, 3.8) is 0 Å². The number of nitrogens with one attached hydrogen (secondary N) is 2. The first kappa shape index (κ1) is 26.2. The first-order valence-corrected chi connectivity index (χ1v) is 12.0. The zero-order valence-corrected chi connectivity index (χ0v) is 21.6. The lowest BCUT2D eigenvalue weighted by atomic mass is 9.83. The predicted molar refractivity (Wildman–Crippen MR) is 134 cm³/mol. The quantitative estimate of drug-likeness (QED) is 0.536. The molecule has 190 valence electrons. The molecule has 2 amide bonds. The van der Waals surface area contributed by atoms with Crippen molar-refractivity contribution in [3.05, 3.63) is 41.6 Å². The predicted octanol–water partition coefficient (Wildman–Crippen LogP) is 6.02. The molecule has 1 atom stereocenters. The average molecular weight is 485 g/mol. The Hall–Kier alpha value is -3.36. The first-order valence-electron chi connectivity index (χ1n) is 12.0. The van der Waals surface area contributed by atoms with Gasteiger partial charge in [-0.1, -0.05) is 18.6 Å². The van der Waals surface area contributed by atoms with Crippen LogP contribution in [-0.2, 0) is 14.3 Å². The normalized spacial score (nSPS) is 15.1. The standard InChI is InChI=1S/C26H36N4O5/c1-16(17-11-13-19(14-12-17)27-23(32)34-25(2,3)4)22(31)28-21-15-20(18-9-8-10-18)29-30(21)24(33)35-26(5,6)7/h11-16,18H,8-10H2,1-7H3,(H,27,32)(H,28,31)/t16-/m0/s1. The van der Waals surface area contributed by atoms with Gasteiger partial charge in [0.1, 0.15) is 17.0 Å². The highest BCUT2D eigenvalue weighted by Crippen LogP contribution is 2.36. The molecule has 1 fully saturated rings. The van der Waals surface area contributed by atoms with Gasteiger partial charge in [0.25, 0.3) is 0 Å². The molecule has 2 aromatic rings. The summed E-state index contributed by atoms with van der Waals surface area (Å²) in [5, 5.41) is 9.96. The van der Waals surface area contributed by atoms with E-state index in [9.17, 15) is 14.4 Å². The average Bonchev–Trinajstić information content (AvgIpc) is 3.07. The van der Waals surface area contributed by atoms with Gasteiger partial charge in [-0.3, -0.25) is 10.1 Å². The maximum atomic E-state index is 13.1. The third-order valence-corrected chi connectivity index (χ3v) is 5.52. The summed E-state index contributed by atoms with van der Waals surface area (Å²) in [6, 6.07) is 8.71. The van der Waals surface area contributed by atoms with Crippen LogP contribution in [-0.4, -0.2) is 39.1 Å². The Balaban J connectivity index is 1.71. The van der Waals surface area contributed by atoms with Gasteiger partial charge < -0.3 is 14.8 Å². The van der Waals surface area contributed by atoms with Crippen LogP contribution in [0.4, 0.5) is 21.1 Å². The maximum absolute atomic E-state index is 13.1. The van der Waals surface area contributed by atoms with Crippen molar-refractivity contribution >= 4 is 29.6 Å². The van der Waals surface area contributed by atoms with E-state index in [1.807, 2.05) is 0 Å². The molecule has 3 rings (SSSR count). The largest absolute Gasteiger partial charge is 0.444 e. The van der Waals surface area contributed by atoms with Crippen LogP contribution in [0.1, 0.15) is 90.8 Å². The third-order valence-electron chi connectivity index (χ3n) is 5.52. The van der Waals surface area contributed by atoms with E-state index in [0.717, 1.165) is 35.2 Å². The highest BCUT2D eigenvalue weighted by Gasteiger charge is 2.28. The second-order valence-corrected chi connectivity index (χ2v) is 10.9. The molecular formula is C26H36N4O5. The van der Waals surface area contributed by atoms with Crippen molar-refractivity contribution < 1.29 is 23.9 Å². The van der Waals surface area contributed by atoms with Gasteiger partial charge in [-0.25, -0.2) is 9.59 Å². The Labute approximate surface area is 206 Å². The van der Waals surface area contributed by atoms with Crippen molar-refractivity contribution in [1.82, 2.24) is 9.78 Å². The summed E-state index contributed by atoms with van der Waals surface area (Å²) in [6.45, 7) is 12.5. The summed E-state index contributed by atoms with van der Waals surface area (Å²) < 4.78 is 11.9. The number of hydrogen-bond acceptors (Lipinski definition) is 6. The Morgan fingerprint density at radius 3 is 2.09 bits per heavy atom. The SMILES string of the molecule is C[C@H](C(=O)Nc1cc(C2CCC2)nn1C(=O)OC(C)(C)C)c1ccc(NC(=O)OC(C)(C)C)cc1. The van der Waals surface area contributed by atoms with Crippen LogP contribution in [0.5, 0.6) is 0 Å². The molecule has 0 unspecified atom stereocenters. The van der Waals surface area contributed by atoms with Gasteiger partial charge in [0.15, 0.2) is 0 Å². The molecular weight excluding hydrogens is 448 g/mol. The number of aromatic nitrogens is 2. The lowest BCUT2D eigenvalue weighted by molar-refractivity contribution is -0.117. The molecule has 2 N–H and O–H groups in total. The minimum absolute atomic E-state index is 0.289. The van der Waals surface area contributed by atoms with Crippen molar-refractivity contribution in [2.75, 3.05) is 10.6 Å². The maximum Gasteiger partial charge on any atom is 0.437 e.